The largest absolute Gasteiger partial charge is 0.317 e. The van der Waals surface area contributed by atoms with Gasteiger partial charge in [0.1, 0.15) is 0 Å². The summed E-state index contributed by atoms with van der Waals surface area (Å²) in [5.74, 6) is -0.276. The Morgan fingerprint density at radius 1 is 1.00 bits per heavy atom. The second kappa shape index (κ2) is 7.70. The molecule has 1 saturated heterocycles. The van der Waals surface area contributed by atoms with Crippen molar-refractivity contribution in [3.05, 3.63) is 93.6 Å². The number of imide groups is 1. The Balaban J connectivity index is 1.59. The molecule has 0 unspecified atom stereocenters. The van der Waals surface area contributed by atoms with Gasteiger partial charge in [-0.15, -0.1) is 0 Å². The van der Waals surface area contributed by atoms with Crippen molar-refractivity contribution in [1.29, 1.82) is 0 Å². The minimum atomic E-state index is -0.276. The Kier molecular flexibility index (Phi) is 5.11. The number of benzene rings is 2. The van der Waals surface area contributed by atoms with E-state index in [1.165, 1.54) is 10.5 Å². The van der Waals surface area contributed by atoms with Gasteiger partial charge in [0.15, 0.2) is 0 Å². The van der Waals surface area contributed by atoms with Gasteiger partial charge in [-0.2, -0.15) is 0 Å². The van der Waals surface area contributed by atoms with Gasteiger partial charge in [-0.25, -0.2) is 0 Å². The zero-order chi connectivity index (χ0) is 19.7. The molecule has 0 radical (unpaired) electrons. The summed E-state index contributed by atoms with van der Waals surface area (Å²) in [6.45, 7) is 2.27. The number of carbonyl (C=O) groups is 2. The van der Waals surface area contributed by atoms with Crippen LogP contribution < -0.4 is 0 Å². The molecule has 0 atom stereocenters. The summed E-state index contributed by atoms with van der Waals surface area (Å²) in [6, 6.07) is 19.1. The molecule has 6 heteroatoms. The lowest BCUT2D eigenvalue weighted by atomic mass is 10.2. The third kappa shape index (κ3) is 3.77. The van der Waals surface area contributed by atoms with Crippen LogP contribution in [0.5, 0.6) is 0 Å². The molecule has 140 valence electrons. The molecule has 4 rings (SSSR count). The molecule has 0 bridgehead atoms. The SMILES string of the molecule is Cc1ccc(-n2cccc2/C=C2/SC(=O)N(Cc3ccc(Cl)cc3)C2=O)cc1. The van der Waals surface area contributed by atoms with Crippen LogP contribution in [-0.2, 0) is 11.3 Å². The Bertz CT molecular complexity index is 1070. The second-order valence-corrected chi connectivity index (χ2v) is 7.96. The molecule has 4 nitrogen and oxygen atoms in total. The summed E-state index contributed by atoms with van der Waals surface area (Å²) >= 11 is 6.87. The van der Waals surface area contributed by atoms with Gasteiger partial charge in [0.25, 0.3) is 11.1 Å². The van der Waals surface area contributed by atoms with Crippen LogP contribution in [0.2, 0.25) is 5.02 Å². The van der Waals surface area contributed by atoms with E-state index in [1.807, 2.05) is 66.2 Å². The van der Waals surface area contributed by atoms with Crippen LogP contribution in [0.15, 0.2) is 71.8 Å². The van der Waals surface area contributed by atoms with Crippen LogP contribution in [0.25, 0.3) is 11.8 Å². The quantitative estimate of drug-likeness (QED) is 0.522. The Morgan fingerprint density at radius 2 is 1.71 bits per heavy atom. The molecule has 3 aromatic rings. The molecule has 0 saturated carbocycles. The monoisotopic (exact) mass is 408 g/mol. The van der Waals surface area contributed by atoms with Gasteiger partial charge >= 0.3 is 0 Å². The maximum atomic E-state index is 12.8. The molecule has 0 spiro atoms. The molecule has 2 heterocycles. The van der Waals surface area contributed by atoms with Crippen molar-refractivity contribution >= 4 is 40.6 Å². The lowest BCUT2D eigenvalue weighted by Gasteiger charge is -2.12. The molecule has 0 aliphatic carbocycles. The summed E-state index contributed by atoms with van der Waals surface area (Å²) in [4.78, 5) is 26.9. The van der Waals surface area contributed by atoms with Crippen molar-refractivity contribution in [2.75, 3.05) is 0 Å². The second-order valence-electron chi connectivity index (χ2n) is 6.53. The van der Waals surface area contributed by atoms with Gasteiger partial charge in [-0.05, 0) is 66.7 Å². The Hall–Kier alpha value is -2.76. The number of aromatic nitrogens is 1. The van der Waals surface area contributed by atoms with Crippen molar-refractivity contribution < 1.29 is 9.59 Å². The zero-order valence-electron chi connectivity index (χ0n) is 15.1. The fraction of sp³-hybridized carbons (Fsp3) is 0.0909. The average molecular weight is 409 g/mol. The van der Waals surface area contributed by atoms with E-state index < -0.39 is 0 Å². The van der Waals surface area contributed by atoms with Gasteiger partial charge < -0.3 is 4.57 Å². The number of halogens is 1. The lowest BCUT2D eigenvalue weighted by molar-refractivity contribution is -0.123. The molecule has 1 fully saturated rings. The van der Waals surface area contributed by atoms with Crippen molar-refractivity contribution in [3.8, 4) is 5.69 Å². The third-order valence-electron chi connectivity index (χ3n) is 4.50. The number of nitrogens with zero attached hydrogens (tertiary/aromatic N) is 2. The number of amides is 2. The van der Waals surface area contributed by atoms with E-state index in [0.29, 0.717) is 9.93 Å². The van der Waals surface area contributed by atoms with Crippen LogP contribution in [0.1, 0.15) is 16.8 Å². The number of hydrogen-bond donors (Lipinski definition) is 0. The zero-order valence-corrected chi connectivity index (χ0v) is 16.7. The van der Waals surface area contributed by atoms with Crippen molar-refractivity contribution in [1.82, 2.24) is 9.47 Å². The van der Waals surface area contributed by atoms with Crippen molar-refractivity contribution in [2.45, 2.75) is 13.5 Å². The number of thioether (sulfide) groups is 1. The van der Waals surface area contributed by atoms with Crippen molar-refractivity contribution in [2.24, 2.45) is 0 Å². The van der Waals surface area contributed by atoms with E-state index in [-0.39, 0.29) is 17.7 Å². The van der Waals surface area contributed by atoms with E-state index in [4.69, 9.17) is 11.6 Å². The fourth-order valence-electron chi connectivity index (χ4n) is 3.00. The van der Waals surface area contributed by atoms with E-state index in [2.05, 4.69) is 0 Å². The van der Waals surface area contributed by atoms with Gasteiger partial charge in [0.2, 0.25) is 0 Å². The highest BCUT2D eigenvalue weighted by atomic mass is 35.5. The Labute approximate surface area is 172 Å². The third-order valence-corrected chi connectivity index (χ3v) is 5.66. The first-order chi connectivity index (χ1) is 13.5. The molecule has 1 aromatic heterocycles. The molecular weight excluding hydrogens is 392 g/mol. The topological polar surface area (TPSA) is 42.3 Å². The van der Waals surface area contributed by atoms with Crippen LogP contribution in [0.3, 0.4) is 0 Å². The molecule has 0 N–H and O–H groups in total. The smallest absolute Gasteiger partial charge is 0.293 e. The average Bonchev–Trinajstić information content (AvgIpc) is 3.24. The maximum Gasteiger partial charge on any atom is 0.293 e. The highest BCUT2D eigenvalue weighted by molar-refractivity contribution is 8.18. The van der Waals surface area contributed by atoms with Crippen LogP contribution >= 0.6 is 23.4 Å². The number of rotatable bonds is 4. The minimum absolute atomic E-state index is 0.234. The molecule has 1 aliphatic rings. The van der Waals surface area contributed by atoms with Gasteiger partial charge in [0.05, 0.1) is 11.4 Å². The predicted molar refractivity (Wildman–Crippen MR) is 113 cm³/mol. The van der Waals surface area contributed by atoms with Gasteiger partial charge in [0, 0.05) is 22.6 Å². The summed E-state index contributed by atoms with van der Waals surface area (Å²) < 4.78 is 1.99. The normalized spacial score (nSPS) is 15.6. The van der Waals surface area contributed by atoms with Crippen LogP contribution in [0, 0.1) is 6.92 Å². The van der Waals surface area contributed by atoms with Gasteiger partial charge in [-0.3, -0.25) is 14.5 Å². The first kappa shape index (κ1) is 18.6. The van der Waals surface area contributed by atoms with Crippen molar-refractivity contribution in [3.63, 3.8) is 0 Å². The van der Waals surface area contributed by atoms with Gasteiger partial charge in [-0.1, -0.05) is 41.4 Å². The molecule has 1 aliphatic heterocycles. The lowest BCUT2D eigenvalue weighted by Crippen LogP contribution is -2.27. The summed E-state index contributed by atoms with van der Waals surface area (Å²) in [5.41, 5.74) is 3.89. The molecule has 2 aromatic carbocycles. The highest BCUT2D eigenvalue weighted by Crippen LogP contribution is 2.33. The molecule has 28 heavy (non-hydrogen) atoms. The van der Waals surface area contributed by atoms with Crippen LogP contribution in [0.4, 0.5) is 4.79 Å². The fourth-order valence-corrected chi connectivity index (χ4v) is 3.94. The minimum Gasteiger partial charge on any atom is -0.317 e. The predicted octanol–water partition coefficient (Wildman–Crippen LogP) is 5.68. The van der Waals surface area contributed by atoms with E-state index in [9.17, 15) is 9.59 Å². The number of aryl methyl sites for hydroxylation is 1. The molecular formula is C22H17ClN2O2S. The first-order valence-electron chi connectivity index (χ1n) is 8.75. The Morgan fingerprint density at radius 3 is 2.43 bits per heavy atom. The van der Waals surface area contributed by atoms with E-state index in [0.717, 1.165) is 28.7 Å². The maximum absolute atomic E-state index is 12.8. The van der Waals surface area contributed by atoms with E-state index >= 15 is 0 Å². The summed E-state index contributed by atoms with van der Waals surface area (Å²) in [5, 5.41) is 0.356. The highest BCUT2D eigenvalue weighted by Gasteiger charge is 2.35. The molecule has 2 amide bonds. The summed E-state index contributed by atoms with van der Waals surface area (Å²) in [7, 11) is 0. The number of hydrogen-bond acceptors (Lipinski definition) is 3. The first-order valence-corrected chi connectivity index (χ1v) is 9.95. The van der Waals surface area contributed by atoms with Crippen LogP contribution in [-0.4, -0.2) is 20.6 Å². The number of carbonyl (C=O) groups excluding carboxylic acids is 2. The standard InChI is InChI=1S/C22H17ClN2O2S/c1-15-4-10-18(11-5-15)24-12-2-3-19(24)13-20-21(26)25(22(27)28-20)14-16-6-8-17(23)9-7-16/h2-13H,14H2,1H3/b20-13+. The summed E-state index contributed by atoms with van der Waals surface area (Å²) in [6.07, 6.45) is 3.71. The van der Waals surface area contributed by atoms with E-state index in [1.54, 1.807) is 18.2 Å².